The highest BCUT2D eigenvalue weighted by Crippen LogP contribution is 2.24. The monoisotopic (exact) mass is 375 g/mol. The number of likely N-dealkylation sites (N-methyl/N-ethyl adjacent to an activating group) is 1. The number of carbonyl (C=O) groups is 2. The molecule has 1 amide bonds. The predicted octanol–water partition coefficient (Wildman–Crippen LogP) is 2.94. The van der Waals surface area contributed by atoms with Crippen molar-refractivity contribution in [1.82, 2.24) is 15.2 Å². The van der Waals surface area contributed by atoms with Crippen LogP contribution in [0, 0.1) is 0 Å². The number of carbonyl (C=O) groups excluding carboxylic acids is 2. The van der Waals surface area contributed by atoms with Crippen LogP contribution in [0.15, 0.2) is 29.6 Å². The van der Waals surface area contributed by atoms with Gasteiger partial charge in [0.2, 0.25) is 5.91 Å². The maximum atomic E-state index is 12.0. The van der Waals surface area contributed by atoms with Gasteiger partial charge >= 0.3 is 5.97 Å². The first-order chi connectivity index (χ1) is 12.2. The molecule has 0 saturated carbocycles. The van der Waals surface area contributed by atoms with Gasteiger partial charge in [0.05, 0.1) is 24.9 Å². The summed E-state index contributed by atoms with van der Waals surface area (Å²) in [6, 6.07) is 7.17. The van der Waals surface area contributed by atoms with E-state index in [1.807, 2.05) is 50.2 Å². The Bertz CT molecular complexity index is 763. The lowest BCUT2D eigenvalue weighted by molar-refractivity contribution is -0.123. The minimum Gasteiger partial charge on any atom is -0.465 e. The average molecular weight is 375 g/mol. The minimum absolute atomic E-state index is 0.00569. The second-order valence-electron chi connectivity index (χ2n) is 7.18. The number of esters is 1. The molecule has 0 aliphatic carbocycles. The summed E-state index contributed by atoms with van der Waals surface area (Å²) < 4.78 is 4.70. The molecule has 1 N–H and O–H groups in total. The van der Waals surface area contributed by atoms with E-state index < -0.39 is 0 Å². The van der Waals surface area contributed by atoms with Gasteiger partial charge in [-0.15, -0.1) is 11.3 Å². The number of ether oxygens (including phenoxy) is 1. The quantitative estimate of drug-likeness (QED) is 0.786. The van der Waals surface area contributed by atoms with Gasteiger partial charge in [0.1, 0.15) is 5.01 Å². The van der Waals surface area contributed by atoms with Crippen LogP contribution < -0.4 is 5.32 Å². The predicted molar refractivity (Wildman–Crippen MR) is 103 cm³/mol. The van der Waals surface area contributed by atoms with Crippen LogP contribution in [0.2, 0.25) is 0 Å². The van der Waals surface area contributed by atoms with Crippen LogP contribution in [0.25, 0.3) is 10.6 Å². The smallest absolute Gasteiger partial charge is 0.337 e. The number of amides is 1. The fraction of sp³-hybridized carbons (Fsp3) is 0.421. The van der Waals surface area contributed by atoms with E-state index in [-0.39, 0.29) is 17.4 Å². The Hall–Kier alpha value is -2.25. The first-order valence-electron chi connectivity index (χ1n) is 8.30. The third kappa shape index (κ3) is 5.93. The minimum atomic E-state index is -0.355. The third-order valence-corrected chi connectivity index (χ3v) is 4.40. The molecule has 6 nitrogen and oxygen atoms in total. The summed E-state index contributed by atoms with van der Waals surface area (Å²) in [5, 5.41) is 5.82. The second-order valence-corrected chi connectivity index (χ2v) is 8.04. The average Bonchev–Trinajstić information content (AvgIpc) is 3.00. The molecular formula is C19H25N3O3S. The third-order valence-electron chi connectivity index (χ3n) is 3.46. The number of benzene rings is 1. The molecule has 26 heavy (non-hydrogen) atoms. The van der Waals surface area contributed by atoms with Gasteiger partial charge in [-0.2, -0.15) is 0 Å². The van der Waals surface area contributed by atoms with Gasteiger partial charge in [0.25, 0.3) is 0 Å². The van der Waals surface area contributed by atoms with Gasteiger partial charge < -0.3 is 10.1 Å². The number of nitrogens with zero attached hydrogens (tertiary/aromatic N) is 2. The Balaban J connectivity index is 1.97. The first kappa shape index (κ1) is 20.1. The molecule has 1 heterocycles. The molecule has 1 aromatic heterocycles. The molecule has 0 fully saturated rings. The number of methoxy groups -OCH3 is 1. The number of thiazole rings is 1. The van der Waals surface area contributed by atoms with E-state index in [4.69, 9.17) is 4.74 Å². The molecule has 1 aromatic carbocycles. The highest BCUT2D eigenvalue weighted by atomic mass is 32.1. The van der Waals surface area contributed by atoms with Crippen molar-refractivity contribution in [2.45, 2.75) is 32.9 Å². The number of nitrogens with one attached hydrogen (secondary N) is 1. The van der Waals surface area contributed by atoms with Crippen LogP contribution in [0.4, 0.5) is 0 Å². The van der Waals surface area contributed by atoms with Gasteiger partial charge in [-0.25, -0.2) is 9.78 Å². The Kier molecular flexibility index (Phi) is 6.50. The van der Waals surface area contributed by atoms with Crippen LogP contribution in [0.3, 0.4) is 0 Å². The lowest BCUT2D eigenvalue weighted by Crippen LogP contribution is -2.45. The van der Waals surface area contributed by atoms with Gasteiger partial charge in [0, 0.05) is 23.0 Å². The molecular weight excluding hydrogens is 350 g/mol. The fourth-order valence-electron chi connectivity index (χ4n) is 2.41. The van der Waals surface area contributed by atoms with E-state index in [9.17, 15) is 9.59 Å². The number of aromatic nitrogens is 1. The summed E-state index contributed by atoms with van der Waals surface area (Å²) in [5.41, 5.74) is 2.13. The maximum absolute atomic E-state index is 12.0. The Morgan fingerprint density at radius 2 is 1.88 bits per heavy atom. The molecule has 0 aliphatic heterocycles. The van der Waals surface area contributed by atoms with Gasteiger partial charge in [-0.05, 0) is 40.0 Å². The molecule has 0 atom stereocenters. The Labute approximate surface area is 158 Å². The van der Waals surface area contributed by atoms with E-state index in [0.29, 0.717) is 18.7 Å². The molecule has 2 rings (SSSR count). The summed E-state index contributed by atoms with van der Waals surface area (Å²) in [4.78, 5) is 30.0. The molecule has 140 valence electrons. The van der Waals surface area contributed by atoms with E-state index in [2.05, 4.69) is 10.3 Å². The van der Waals surface area contributed by atoms with Crippen molar-refractivity contribution in [2.75, 3.05) is 20.7 Å². The van der Waals surface area contributed by atoms with Crippen LogP contribution in [-0.2, 0) is 16.1 Å². The second kappa shape index (κ2) is 8.42. The highest BCUT2D eigenvalue weighted by molar-refractivity contribution is 7.13. The maximum Gasteiger partial charge on any atom is 0.337 e. The van der Waals surface area contributed by atoms with Gasteiger partial charge in [0.15, 0.2) is 0 Å². The van der Waals surface area contributed by atoms with Gasteiger partial charge in [-0.1, -0.05) is 12.1 Å². The molecule has 0 bridgehead atoms. The van der Waals surface area contributed by atoms with Crippen molar-refractivity contribution in [1.29, 1.82) is 0 Å². The summed E-state index contributed by atoms with van der Waals surface area (Å²) in [7, 11) is 3.26. The van der Waals surface area contributed by atoms with E-state index in [1.165, 1.54) is 18.4 Å². The summed E-state index contributed by atoms with van der Waals surface area (Å²) >= 11 is 1.54. The van der Waals surface area contributed by atoms with Crippen LogP contribution in [0.5, 0.6) is 0 Å². The fourth-order valence-corrected chi connectivity index (χ4v) is 3.23. The lowest BCUT2D eigenvalue weighted by Gasteiger charge is -2.23. The Morgan fingerprint density at radius 3 is 2.46 bits per heavy atom. The number of rotatable bonds is 6. The molecule has 2 aromatic rings. The number of hydrogen-bond acceptors (Lipinski definition) is 6. The first-order valence-corrected chi connectivity index (χ1v) is 9.18. The van der Waals surface area contributed by atoms with Gasteiger partial charge in [-0.3, -0.25) is 9.69 Å². The molecule has 7 heteroatoms. The van der Waals surface area contributed by atoms with Crippen molar-refractivity contribution in [3.63, 3.8) is 0 Å². The van der Waals surface area contributed by atoms with Crippen LogP contribution >= 0.6 is 11.3 Å². The highest BCUT2D eigenvalue weighted by Gasteiger charge is 2.16. The van der Waals surface area contributed by atoms with Crippen molar-refractivity contribution in [3.05, 3.63) is 40.9 Å². The molecule has 0 aliphatic rings. The van der Waals surface area contributed by atoms with Crippen LogP contribution in [-0.4, -0.2) is 48.0 Å². The summed E-state index contributed by atoms with van der Waals surface area (Å²) in [6.07, 6.45) is 0. The molecule has 0 saturated heterocycles. The topological polar surface area (TPSA) is 71.5 Å². The SMILES string of the molecule is COC(=O)c1ccc(-c2nc(CN(C)CC(=O)NC(C)(C)C)cs2)cc1. The largest absolute Gasteiger partial charge is 0.465 e. The van der Waals surface area contributed by atoms with E-state index in [1.54, 1.807) is 12.1 Å². The molecule has 0 spiro atoms. The van der Waals surface area contributed by atoms with Crippen molar-refractivity contribution in [2.24, 2.45) is 0 Å². The zero-order valence-corrected chi connectivity index (χ0v) is 16.6. The summed E-state index contributed by atoms with van der Waals surface area (Å²) in [5.74, 6) is -0.361. The van der Waals surface area contributed by atoms with E-state index in [0.717, 1.165) is 16.3 Å². The zero-order chi connectivity index (χ0) is 19.3. The Morgan fingerprint density at radius 1 is 1.23 bits per heavy atom. The zero-order valence-electron chi connectivity index (χ0n) is 15.8. The van der Waals surface area contributed by atoms with E-state index >= 15 is 0 Å². The van der Waals surface area contributed by atoms with Crippen molar-refractivity contribution in [3.8, 4) is 10.6 Å². The van der Waals surface area contributed by atoms with Crippen molar-refractivity contribution < 1.29 is 14.3 Å². The molecule has 0 unspecified atom stereocenters. The lowest BCUT2D eigenvalue weighted by atomic mass is 10.1. The van der Waals surface area contributed by atoms with Crippen molar-refractivity contribution >= 4 is 23.2 Å². The summed E-state index contributed by atoms with van der Waals surface area (Å²) in [6.45, 7) is 6.79. The normalized spacial score (nSPS) is 11.5. The van der Waals surface area contributed by atoms with Crippen LogP contribution in [0.1, 0.15) is 36.8 Å². The number of hydrogen-bond donors (Lipinski definition) is 1. The standard InChI is InChI=1S/C19H25N3O3S/c1-19(2,3)21-16(23)11-22(4)10-15-12-26-17(20-15)13-6-8-14(9-7-13)18(24)25-5/h6-9,12H,10-11H2,1-5H3,(H,21,23). The molecule has 0 radical (unpaired) electrons.